The van der Waals surface area contributed by atoms with E-state index in [1.807, 2.05) is 17.8 Å². The number of halogens is 2. The van der Waals surface area contributed by atoms with Crippen molar-refractivity contribution in [2.45, 2.75) is 26.0 Å². The maximum absolute atomic E-state index is 10.1. The Hall–Kier alpha value is -1.03. The molecule has 2 rings (SSSR count). The van der Waals surface area contributed by atoms with E-state index in [1.54, 1.807) is 24.4 Å². The summed E-state index contributed by atoms with van der Waals surface area (Å²) >= 11 is 11.8. The minimum atomic E-state index is -0.603. The Bertz CT molecular complexity index is 540. The molecule has 0 saturated heterocycles. The van der Waals surface area contributed by atoms with Crippen molar-refractivity contribution in [2.24, 2.45) is 0 Å². The fourth-order valence-electron chi connectivity index (χ4n) is 1.75. The van der Waals surface area contributed by atoms with Gasteiger partial charge in [0.2, 0.25) is 0 Å². The Morgan fingerprint density at radius 3 is 2.72 bits per heavy atom. The molecule has 0 aliphatic rings. The van der Waals surface area contributed by atoms with Crippen LogP contribution in [0.3, 0.4) is 0 Å². The largest absolute Gasteiger partial charge is 0.388 e. The second kappa shape index (κ2) is 5.74. The molecule has 2 aromatic rings. The average Bonchev–Trinajstić information content (AvgIpc) is 2.80. The molecule has 1 N–H and O–H groups in total. The van der Waals surface area contributed by atoms with Gasteiger partial charge in [0.25, 0.3) is 0 Å². The first-order valence-corrected chi connectivity index (χ1v) is 6.50. The molecular formula is C13H14Cl2N2O. The number of aliphatic hydroxyl groups is 1. The van der Waals surface area contributed by atoms with Gasteiger partial charge in [-0.15, -0.1) is 0 Å². The molecule has 0 radical (unpaired) electrons. The van der Waals surface area contributed by atoms with Gasteiger partial charge in [-0.3, -0.25) is 4.68 Å². The number of benzene rings is 1. The Balaban J connectivity index is 2.11. The van der Waals surface area contributed by atoms with Crippen LogP contribution in [0.15, 0.2) is 30.6 Å². The molecule has 0 amide bonds. The van der Waals surface area contributed by atoms with E-state index in [-0.39, 0.29) is 0 Å². The van der Waals surface area contributed by atoms with Gasteiger partial charge in [-0.05, 0) is 30.2 Å². The fraction of sp³-hybridized carbons (Fsp3) is 0.308. The van der Waals surface area contributed by atoms with E-state index in [4.69, 9.17) is 23.2 Å². The van der Waals surface area contributed by atoms with E-state index >= 15 is 0 Å². The molecule has 0 bridgehead atoms. The molecule has 18 heavy (non-hydrogen) atoms. The maximum atomic E-state index is 10.1. The lowest BCUT2D eigenvalue weighted by Gasteiger charge is -2.10. The maximum Gasteiger partial charge on any atom is 0.0832 e. The van der Waals surface area contributed by atoms with Crippen LogP contribution >= 0.6 is 23.2 Å². The van der Waals surface area contributed by atoms with Gasteiger partial charge in [0.15, 0.2) is 0 Å². The van der Waals surface area contributed by atoms with Crippen molar-refractivity contribution in [3.8, 4) is 0 Å². The lowest BCUT2D eigenvalue weighted by molar-refractivity contribution is 0.178. The second-order valence-corrected chi connectivity index (χ2v) is 4.91. The highest BCUT2D eigenvalue weighted by Crippen LogP contribution is 2.27. The van der Waals surface area contributed by atoms with Crippen molar-refractivity contribution in [1.82, 2.24) is 9.78 Å². The summed E-state index contributed by atoms with van der Waals surface area (Å²) in [6, 6.07) is 5.17. The lowest BCUT2D eigenvalue weighted by atomic mass is 10.0. The summed E-state index contributed by atoms with van der Waals surface area (Å²) in [5.41, 5.74) is 1.75. The predicted octanol–water partition coefficient (Wildman–Crippen LogP) is 3.49. The number of hydrogen-bond donors (Lipinski definition) is 1. The van der Waals surface area contributed by atoms with Gasteiger partial charge in [0.05, 0.1) is 22.3 Å². The topological polar surface area (TPSA) is 38.0 Å². The van der Waals surface area contributed by atoms with Crippen LogP contribution in [0.5, 0.6) is 0 Å². The highest BCUT2D eigenvalue weighted by atomic mass is 35.5. The number of hydrogen-bond acceptors (Lipinski definition) is 2. The third-order valence-electron chi connectivity index (χ3n) is 2.77. The van der Waals surface area contributed by atoms with Gasteiger partial charge in [-0.2, -0.15) is 5.10 Å². The third-order valence-corrected chi connectivity index (χ3v) is 3.51. The number of aliphatic hydroxyl groups excluding tert-OH is 1. The summed E-state index contributed by atoms with van der Waals surface area (Å²) in [4.78, 5) is 0. The molecule has 96 valence electrons. The standard InChI is InChI=1S/C13H14Cl2N2O/c1-2-17-8-9(7-16-17)5-13(18)10-3-4-11(14)12(15)6-10/h3-4,6-8,13,18H,2,5H2,1H3. The van der Waals surface area contributed by atoms with Crippen LogP contribution in [0.2, 0.25) is 10.0 Å². The van der Waals surface area contributed by atoms with Crippen LogP contribution in [0, 0.1) is 0 Å². The fourth-order valence-corrected chi connectivity index (χ4v) is 2.05. The van der Waals surface area contributed by atoms with Crippen LogP contribution in [0.1, 0.15) is 24.2 Å². The Morgan fingerprint density at radius 2 is 2.11 bits per heavy atom. The van der Waals surface area contributed by atoms with Crippen molar-refractivity contribution in [2.75, 3.05) is 0 Å². The minimum absolute atomic E-state index is 0.456. The van der Waals surface area contributed by atoms with Crippen LogP contribution in [-0.4, -0.2) is 14.9 Å². The van der Waals surface area contributed by atoms with E-state index in [2.05, 4.69) is 5.10 Å². The smallest absolute Gasteiger partial charge is 0.0832 e. The Morgan fingerprint density at radius 1 is 1.33 bits per heavy atom. The molecule has 1 atom stereocenters. The molecule has 1 unspecified atom stereocenters. The van der Waals surface area contributed by atoms with E-state index in [0.29, 0.717) is 16.5 Å². The van der Waals surface area contributed by atoms with Gasteiger partial charge < -0.3 is 5.11 Å². The first kappa shape index (κ1) is 13.4. The summed E-state index contributed by atoms with van der Waals surface area (Å²) in [7, 11) is 0. The molecular weight excluding hydrogens is 271 g/mol. The number of nitrogens with zero attached hydrogens (tertiary/aromatic N) is 2. The normalized spacial score (nSPS) is 12.7. The van der Waals surface area contributed by atoms with Crippen molar-refractivity contribution < 1.29 is 5.11 Å². The molecule has 0 spiro atoms. The van der Waals surface area contributed by atoms with Crippen LogP contribution < -0.4 is 0 Å². The SMILES string of the molecule is CCn1cc(CC(O)c2ccc(Cl)c(Cl)c2)cn1. The van der Waals surface area contributed by atoms with Crippen LogP contribution in [0.4, 0.5) is 0 Å². The Labute approximate surface area is 116 Å². The molecule has 1 heterocycles. The lowest BCUT2D eigenvalue weighted by Crippen LogP contribution is -2.01. The van der Waals surface area contributed by atoms with Crippen molar-refractivity contribution >= 4 is 23.2 Å². The summed E-state index contributed by atoms with van der Waals surface area (Å²) in [6.07, 6.45) is 3.61. The predicted molar refractivity (Wildman–Crippen MR) is 73.0 cm³/mol. The third kappa shape index (κ3) is 3.05. The first-order valence-electron chi connectivity index (χ1n) is 5.74. The Kier molecular flexibility index (Phi) is 4.27. The zero-order valence-corrected chi connectivity index (χ0v) is 11.5. The zero-order valence-electron chi connectivity index (χ0n) is 9.98. The number of aryl methyl sites for hydroxylation is 1. The van der Waals surface area contributed by atoms with Crippen molar-refractivity contribution in [3.63, 3.8) is 0 Å². The molecule has 0 aliphatic carbocycles. The molecule has 1 aromatic heterocycles. The van der Waals surface area contributed by atoms with Gasteiger partial charge in [0.1, 0.15) is 0 Å². The monoisotopic (exact) mass is 284 g/mol. The highest BCUT2D eigenvalue weighted by molar-refractivity contribution is 6.42. The van der Waals surface area contributed by atoms with E-state index in [1.165, 1.54) is 0 Å². The van der Waals surface area contributed by atoms with Gasteiger partial charge in [0, 0.05) is 19.2 Å². The van der Waals surface area contributed by atoms with Gasteiger partial charge >= 0.3 is 0 Å². The average molecular weight is 285 g/mol. The summed E-state index contributed by atoms with van der Waals surface area (Å²) in [6.45, 7) is 2.84. The molecule has 0 fully saturated rings. The summed E-state index contributed by atoms with van der Waals surface area (Å²) in [5.74, 6) is 0. The van der Waals surface area contributed by atoms with Crippen LogP contribution in [0.25, 0.3) is 0 Å². The number of aromatic nitrogens is 2. The van der Waals surface area contributed by atoms with Crippen molar-refractivity contribution in [3.05, 3.63) is 51.8 Å². The van der Waals surface area contributed by atoms with Crippen molar-refractivity contribution in [1.29, 1.82) is 0 Å². The van der Waals surface area contributed by atoms with Crippen LogP contribution in [-0.2, 0) is 13.0 Å². The van der Waals surface area contributed by atoms with Gasteiger partial charge in [-0.1, -0.05) is 29.3 Å². The summed E-state index contributed by atoms with van der Waals surface area (Å²) in [5, 5.41) is 15.3. The second-order valence-electron chi connectivity index (χ2n) is 4.10. The van der Waals surface area contributed by atoms with E-state index in [0.717, 1.165) is 17.7 Å². The molecule has 5 heteroatoms. The molecule has 3 nitrogen and oxygen atoms in total. The zero-order chi connectivity index (χ0) is 13.1. The first-order chi connectivity index (χ1) is 8.60. The number of rotatable bonds is 4. The molecule has 0 aliphatic heterocycles. The van der Waals surface area contributed by atoms with E-state index in [9.17, 15) is 5.11 Å². The molecule has 0 saturated carbocycles. The van der Waals surface area contributed by atoms with E-state index < -0.39 is 6.10 Å². The quantitative estimate of drug-likeness (QED) is 0.933. The highest BCUT2D eigenvalue weighted by Gasteiger charge is 2.11. The van der Waals surface area contributed by atoms with Gasteiger partial charge in [-0.25, -0.2) is 0 Å². The minimum Gasteiger partial charge on any atom is -0.388 e. The summed E-state index contributed by atoms with van der Waals surface area (Å²) < 4.78 is 1.83. The molecule has 1 aromatic carbocycles.